The minimum Gasteiger partial charge on any atom is -0.338 e. The standard InChI is InChI=1S/C19H17FN2O2/c1-12-9-13(2)19-16(10-12)22(8-7-17(19)23)11-18(24)21-15-6-4-3-5-14(15)20/h3-10H,11H2,1-2H3,(H,21,24). The van der Waals surface area contributed by atoms with Gasteiger partial charge < -0.3 is 9.88 Å². The molecule has 5 heteroatoms. The first-order chi connectivity index (χ1) is 11.5. The zero-order chi connectivity index (χ0) is 17.3. The van der Waals surface area contributed by atoms with Crippen LogP contribution >= 0.6 is 0 Å². The first-order valence-corrected chi connectivity index (χ1v) is 7.60. The van der Waals surface area contributed by atoms with Crippen molar-refractivity contribution in [3.8, 4) is 0 Å². The fourth-order valence-electron chi connectivity index (χ4n) is 2.86. The molecule has 0 aliphatic rings. The highest BCUT2D eigenvalue weighted by Crippen LogP contribution is 2.18. The van der Waals surface area contributed by atoms with Crippen LogP contribution in [0, 0.1) is 19.7 Å². The van der Waals surface area contributed by atoms with Gasteiger partial charge in [0.15, 0.2) is 5.43 Å². The Bertz CT molecular complexity index is 992. The van der Waals surface area contributed by atoms with E-state index in [1.807, 2.05) is 26.0 Å². The third-order valence-corrected chi connectivity index (χ3v) is 3.88. The van der Waals surface area contributed by atoms with Gasteiger partial charge in [0.2, 0.25) is 5.91 Å². The molecule has 1 heterocycles. The van der Waals surface area contributed by atoms with Crippen LogP contribution in [0.15, 0.2) is 53.5 Å². The van der Waals surface area contributed by atoms with Gasteiger partial charge in [-0.3, -0.25) is 9.59 Å². The largest absolute Gasteiger partial charge is 0.338 e. The number of nitrogens with zero attached hydrogens (tertiary/aromatic N) is 1. The summed E-state index contributed by atoms with van der Waals surface area (Å²) in [6, 6.07) is 11.3. The molecule has 3 rings (SSSR count). The molecule has 0 aliphatic heterocycles. The number of carbonyl (C=O) groups excluding carboxylic acids is 1. The average molecular weight is 324 g/mol. The zero-order valence-corrected chi connectivity index (χ0v) is 13.5. The summed E-state index contributed by atoms with van der Waals surface area (Å²) in [5, 5.41) is 3.15. The van der Waals surface area contributed by atoms with Crippen molar-refractivity contribution in [3.63, 3.8) is 0 Å². The second-order valence-corrected chi connectivity index (χ2v) is 5.81. The van der Waals surface area contributed by atoms with E-state index in [9.17, 15) is 14.0 Å². The van der Waals surface area contributed by atoms with E-state index in [0.717, 1.165) is 11.1 Å². The lowest BCUT2D eigenvalue weighted by molar-refractivity contribution is -0.116. The minimum atomic E-state index is -0.484. The lowest BCUT2D eigenvalue weighted by Gasteiger charge is -2.13. The molecule has 0 bridgehead atoms. The van der Waals surface area contributed by atoms with Gasteiger partial charge in [-0.25, -0.2) is 4.39 Å². The fraction of sp³-hybridized carbons (Fsp3) is 0.158. The lowest BCUT2D eigenvalue weighted by Crippen LogP contribution is -2.21. The first kappa shape index (κ1) is 15.9. The van der Waals surface area contributed by atoms with Gasteiger partial charge in [0, 0.05) is 17.6 Å². The Kier molecular flexibility index (Phi) is 4.16. The summed E-state index contributed by atoms with van der Waals surface area (Å²) < 4.78 is 15.3. The smallest absolute Gasteiger partial charge is 0.244 e. The molecule has 0 fully saturated rings. The number of nitrogens with one attached hydrogen (secondary N) is 1. The molecule has 0 aliphatic carbocycles. The number of halogens is 1. The average Bonchev–Trinajstić information content (AvgIpc) is 2.52. The molecule has 4 nitrogen and oxygen atoms in total. The maximum absolute atomic E-state index is 13.6. The summed E-state index contributed by atoms with van der Waals surface area (Å²) in [7, 11) is 0. The molecule has 0 spiro atoms. The number of aromatic nitrogens is 1. The van der Waals surface area contributed by atoms with E-state index < -0.39 is 5.82 Å². The number of pyridine rings is 1. The third-order valence-electron chi connectivity index (χ3n) is 3.88. The van der Waals surface area contributed by atoms with Crippen LogP contribution < -0.4 is 10.7 Å². The second-order valence-electron chi connectivity index (χ2n) is 5.81. The topological polar surface area (TPSA) is 51.1 Å². The molecule has 0 saturated heterocycles. The van der Waals surface area contributed by atoms with Crippen molar-refractivity contribution in [3.05, 3.63) is 75.8 Å². The van der Waals surface area contributed by atoms with Crippen LogP contribution in [-0.2, 0) is 11.3 Å². The SMILES string of the molecule is Cc1cc(C)c2c(=O)ccn(CC(=O)Nc3ccccc3F)c2c1. The number of benzene rings is 2. The van der Waals surface area contributed by atoms with E-state index in [-0.39, 0.29) is 23.6 Å². The monoisotopic (exact) mass is 324 g/mol. The molecule has 3 aromatic rings. The van der Waals surface area contributed by atoms with Crippen LogP contribution in [0.3, 0.4) is 0 Å². The first-order valence-electron chi connectivity index (χ1n) is 7.60. The normalized spacial score (nSPS) is 10.8. The van der Waals surface area contributed by atoms with Gasteiger partial charge in [0.05, 0.1) is 11.2 Å². The third kappa shape index (κ3) is 3.06. The number of hydrogen-bond donors (Lipinski definition) is 1. The highest BCUT2D eigenvalue weighted by molar-refractivity contribution is 5.92. The Balaban J connectivity index is 1.96. The number of amides is 1. The number of hydrogen-bond acceptors (Lipinski definition) is 2. The van der Waals surface area contributed by atoms with Crippen molar-refractivity contribution in [1.82, 2.24) is 4.57 Å². The van der Waals surface area contributed by atoms with Crippen LogP contribution in [0.5, 0.6) is 0 Å². The predicted octanol–water partition coefficient (Wildman–Crippen LogP) is 3.40. The Morgan fingerprint density at radius 2 is 1.92 bits per heavy atom. The van der Waals surface area contributed by atoms with Crippen molar-refractivity contribution >= 4 is 22.5 Å². The summed E-state index contributed by atoms with van der Waals surface area (Å²) in [6.07, 6.45) is 1.59. The number of rotatable bonds is 3. The Labute approximate surface area is 138 Å². The van der Waals surface area contributed by atoms with Gasteiger partial charge in [0.1, 0.15) is 12.4 Å². The number of aryl methyl sites for hydroxylation is 2. The molecule has 122 valence electrons. The summed E-state index contributed by atoms with van der Waals surface area (Å²) in [6.45, 7) is 3.81. The van der Waals surface area contributed by atoms with Crippen LogP contribution in [0.25, 0.3) is 10.9 Å². The van der Waals surface area contributed by atoms with Crippen LogP contribution in [-0.4, -0.2) is 10.5 Å². The van der Waals surface area contributed by atoms with Gasteiger partial charge in [-0.15, -0.1) is 0 Å². The predicted molar refractivity (Wildman–Crippen MR) is 92.7 cm³/mol. The molecule has 0 saturated carbocycles. The molecule has 1 aromatic heterocycles. The van der Waals surface area contributed by atoms with Gasteiger partial charge in [-0.2, -0.15) is 0 Å². The molecule has 0 unspecified atom stereocenters. The molecule has 24 heavy (non-hydrogen) atoms. The van der Waals surface area contributed by atoms with E-state index >= 15 is 0 Å². The van der Waals surface area contributed by atoms with E-state index in [2.05, 4.69) is 5.32 Å². The van der Waals surface area contributed by atoms with Crippen LogP contribution in [0.1, 0.15) is 11.1 Å². The number of para-hydroxylation sites is 1. The van der Waals surface area contributed by atoms with E-state index in [1.54, 1.807) is 22.9 Å². The van der Waals surface area contributed by atoms with Gasteiger partial charge in [-0.05, 0) is 43.2 Å². The van der Waals surface area contributed by atoms with Crippen molar-refractivity contribution in [2.24, 2.45) is 0 Å². The Morgan fingerprint density at radius 1 is 1.17 bits per heavy atom. The summed E-state index contributed by atoms with van der Waals surface area (Å²) in [5.74, 6) is -0.841. The van der Waals surface area contributed by atoms with Gasteiger partial charge >= 0.3 is 0 Å². The lowest BCUT2D eigenvalue weighted by atomic mass is 10.1. The molecule has 2 aromatic carbocycles. The summed E-state index contributed by atoms with van der Waals surface area (Å²) in [5.41, 5.74) is 2.64. The highest BCUT2D eigenvalue weighted by atomic mass is 19.1. The number of anilines is 1. The summed E-state index contributed by atoms with van der Waals surface area (Å²) >= 11 is 0. The van der Waals surface area contributed by atoms with Crippen LogP contribution in [0.4, 0.5) is 10.1 Å². The van der Waals surface area contributed by atoms with E-state index in [0.29, 0.717) is 10.9 Å². The second kappa shape index (κ2) is 6.28. The molecule has 0 radical (unpaired) electrons. The quantitative estimate of drug-likeness (QED) is 0.803. The van der Waals surface area contributed by atoms with Gasteiger partial charge in [0.25, 0.3) is 0 Å². The Morgan fingerprint density at radius 3 is 2.67 bits per heavy atom. The minimum absolute atomic E-state index is 0.00594. The Hall–Kier alpha value is -2.95. The van der Waals surface area contributed by atoms with Crippen molar-refractivity contribution in [1.29, 1.82) is 0 Å². The highest BCUT2D eigenvalue weighted by Gasteiger charge is 2.11. The number of carbonyl (C=O) groups is 1. The zero-order valence-electron chi connectivity index (χ0n) is 13.5. The van der Waals surface area contributed by atoms with E-state index in [1.165, 1.54) is 18.2 Å². The molecular formula is C19H17FN2O2. The van der Waals surface area contributed by atoms with Crippen molar-refractivity contribution in [2.45, 2.75) is 20.4 Å². The summed E-state index contributed by atoms with van der Waals surface area (Å²) in [4.78, 5) is 24.4. The fourth-order valence-corrected chi connectivity index (χ4v) is 2.86. The van der Waals surface area contributed by atoms with E-state index in [4.69, 9.17) is 0 Å². The molecular weight excluding hydrogens is 307 g/mol. The number of fused-ring (bicyclic) bond motifs is 1. The van der Waals surface area contributed by atoms with Crippen LogP contribution in [0.2, 0.25) is 0 Å². The van der Waals surface area contributed by atoms with Crippen molar-refractivity contribution in [2.75, 3.05) is 5.32 Å². The van der Waals surface area contributed by atoms with Crippen molar-refractivity contribution < 1.29 is 9.18 Å². The molecule has 1 amide bonds. The maximum atomic E-state index is 13.6. The molecule has 1 N–H and O–H groups in total. The maximum Gasteiger partial charge on any atom is 0.244 e. The molecule has 0 atom stereocenters. The van der Waals surface area contributed by atoms with Gasteiger partial charge in [-0.1, -0.05) is 18.2 Å².